The first-order valence-corrected chi connectivity index (χ1v) is 6.41. The molecule has 0 radical (unpaired) electrons. The topological polar surface area (TPSA) is 29.1 Å². The van der Waals surface area contributed by atoms with E-state index in [1.165, 1.54) is 17.3 Å². The van der Waals surface area contributed by atoms with Crippen molar-refractivity contribution >= 4 is 23.4 Å². The van der Waals surface area contributed by atoms with Gasteiger partial charge >= 0.3 is 0 Å². The van der Waals surface area contributed by atoms with E-state index in [0.717, 1.165) is 5.69 Å². The van der Waals surface area contributed by atoms with Crippen LogP contribution in [0.3, 0.4) is 0 Å². The molecule has 0 aliphatic carbocycles. The number of rotatable bonds is 4. The Hall–Kier alpha value is -0.960. The third-order valence-corrected chi connectivity index (χ3v) is 2.69. The number of carbonyl (C=O) groups is 1. The molecule has 1 aromatic rings. The van der Waals surface area contributed by atoms with Gasteiger partial charge in [0.05, 0.1) is 5.75 Å². The highest BCUT2D eigenvalue weighted by atomic mass is 32.2. The molecule has 0 fully saturated rings. The second-order valence-electron chi connectivity index (χ2n) is 3.76. The van der Waals surface area contributed by atoms with Crippen molar-refractivity contribution in [3.63, 3.8) is 0 Å². The second kappa shape index (κ2) is 5.81. The van der Waals surface area contributed by atoms with Gasteiger partial charge in [-0.3, -0.25) is 4.79 Å². The van der Waals surface area contributed by atoms with Crippen molar-refractivity contribution in [3.8, 4) is 0 Å². The number of anilines is 1. The maximum Gasteiger partial charge on any atom is 0.234 e. The van der Waals surface area contributed by atoms with Crippen LogP contribution in [-0.2, 0) is 4.79 Å². The highest BCUT2D eigenvalue weighted by Crippen LogP contribution is 2.17. The van der Waals surface area contributed by atoms with Crippen LogP contribution in [0, 0.1) is 0 Å². The fraction of sp³-hybridized carbons (Fsp3) is 0.417. The monoisotopic (exact) mass is 223 g/mol. The van der Waals surface area contributed by atoms with Crippen molar-refractivity contribution in [1.29, 1.82) is 0 Å². The third-order valence-electron chi connectivity index (χ3n) is 2.14. The van der Waals surface area contributed by atoms with Gasteiger partial charge in [-0.05, 0) is 29.9 Å². The first-order valence-electron chi connectivity index (χ1n) is 5.02. The zero-order valence-electron chi connectivity index (χ0n) is 9.41. The number of benzene rings is 1. The lowest BCUT2D eigenvalue weighted by atomic mass is 10.0. The van der Waals surface area contributed by atoms with E-state index in [2.05, 4.69) is 31.3 Å². The number of carbonyl (C=O) groups excluding carboxylic acids is 1. The molecule has 1 amide bonds. The molecule has 0 aromatic heterocycles. The predicted octanol–water partition coefficient (Wildman–Crippen LogP) is 3.11. The zero-order chi connectivity index (χ0) is 11.3. The molecule has 0 unspecified atom stereocenters. The quantitative estimate of drug-likeness (QED) is 0.849. The van der Waals surface area contributed by atoms with Gasteiger partial charge in [-0.25, -0.2) is 0 Å². The van der Waals surface area contributed by atoms with E-state index in [1.807, 2.05) is 18.4 Å². The summed E-state index contributed by atoms with van der Waals surface area (Å²) >= 11 is 1.52. The van der Waals surface area contributed by atoms with Crippen molar-refractivity contribution in [1.82, 2.24) is 0 Å². The Morgan fingerprint density at radius 1 is 1.33 bits per heavy atom. The summed E-state index contributed by atoms with van der Waals surface area (Å²) in [5, 5.41) is 2.85. The largest absolute Gasteiger partial charge is 0.325 e. The van der Waals surface area contributed by atoms with Crippen LogP contribution >= 0.6 is 11.8 Å². The number of thioether (sulfide) groups is 1. The zero-order valence-corrected chi connectivity index (χ0v) is 10.2. The molecule has 0 saturated carbocycles. The summed E-state index contributed by atoms with van der Waals surface area (Å²) in [7, 11) is 0. The minimum atomic E-state index is 0.0554. The van der Waals surface area contributed by atoms with Gasteiger partial charge in [0.15, 0.2) is 0 Å². The minimum Gasteiger partial charge on any atom is -0.325 e. The van der Waals surface area contributed by atoms with Crippen molar-refractivity contribution in [3.05, 3.63) is 29.8 Å². The normalized spacial score (nSPS) is 10.4. The maximum atomic E-state index is 11.3. The van der Waals surface area contributed by atoms with Gasteiger partial charge in [0.1, 0.15) is 0 Å². The van der Waals surface area contributed by atoms with Crippen LogP contribution in [0.15, 0.2) is 24.3 Å². The summed E-state index contributed by atoms with van der Waals surface area (Å²) < 4.78 is 0. The van der Waals surface area contributed by atoms with Crippen LogP contribution in [-0.4, -0.2) is 17.9 Å². The predicted molar refractivity (Wildman–Crippen MR) is 67.5 cm³/mol. The van der Waals surface area contributed by atoms with E-state index in [1.54, 1.807) is 0 Å². The Labute approximate surface area is 95.5 Å². The molecule has 1 N–H and O–H groups in total. The number of nitrogens with one attached hydrogen (secondary N) is 1. The Morgan fingerprint density at radius 2 is 1.93 bits per heavy atom. The van der Waals surface area contributed by atoms with Crippen molar-refractivity contribution in [2.45, 2.75) is 19.8 Å². The molecule has 2 nitrogen and oxygen atoms in total. The second-order valence-corrected chi connectivity index (χ2v) is 4.62. The molecular formula is C12H17NOS. The summed E-state index contributed by atoms with van der Waals surface area (Å²) in [5.74, 6) is 1.09. The summed E-state index contributed by atoms with van der Waals surface area (Å²) in [5.41, 5.74) is 2.16. The van der Waals surface area contributed by atoms with Crippen LogP contribution < -0.4 is 5.32 Å². The Morgan fingerprint density at radius 3 is 2.40 bits per heavy atom. The van der Waals surface area contributed by atoms with Gasteiger partial charge in [0.25, 0.3) is 0 Å². The van der Waals surface area contributed by atoms with Gasteiger partial charge in [-0.15, -0.1) is 0 Å². The fourth-order valence-corrected chi connectivity index (χ4v) is 1.61. The molecule has 0 heterocycles. The molecule has 1 aromatic carbocycles. The molecule has 0 spiro atoms. The fourth-order valence-electron chi connectivity index (χ4n) is 1.28. The Bertz CT molecular complexity index is 319. The summed E-state index contributed by atoms with van der Waals surface area (Å²) in [6.07, 6.45) is 1.92. The van der Waals surface area contributed by atoms with Crippen molar-refractivity contribution in [2.75, 3.05) is 17.3 Å². The van der Waals surface area contributed by atoms with Crippen LogP contribution in [0.5, 0.6) is 0 Å². The lowest BCUT2D eigenvalue weighted by Gasteiger charge is -2.07. The average Bonchev–Trinajstić information content (AvgIpc) is 2.18. The molecule has 0 atom stereocenters. The van der Waals surface area contributed by atoms with Crippen LogP contribution in [0.2, 0.25) is 0 Å². The van der Waals surface area contributed by atoms with E-state index < -0.39 is 0 Å². The van der Waals surface area contributed by atoms with Gasteiger partial charge in [0.2, 0.25) is 5.91 Å². The SMILES string of the molecule is CSCC(=O)Nc1ccc(C(C)C)cc1. The van der Waals surface area contributed by atoms with E-state index >= 15 is 0 Å². The minimum absolute atomic E-state index is 0.0554. The van der Waals surface area contributed by atoms with E-state index in [0.29, 0.717) is 11.7 Å². The van der Waals surface area contributed by atoms with Crippen LogP contribution in [0.4, 0.5) is 5.69 Å². The summed E-state index contributed by atoms with van der Waals surface area (Å²) in [6, 6.07) is 8.01. The Balaban J connectivity index is 2.60. The molecule has 3 heteroatoms. The first kappa shape index (κ1) is 12.1. The van der Waals surface area contributed by atoms with E-state index in [4.69, 9.17) is 0 Å². The first-order chi connectivity index (χ1) is 7.13. The van der Waals surface area contributed by atoms with Crippen LogP contribution in [0.1, 0.15) is 25.3 Å². The lowest BCUT2D eigenvalue weighted by Crippen LogP contribution is -2.13. The molecule has 1 rings (SSSR count). The molecule has 15 heavy (non-hydrogen) atoms. The van der Waals surface area contributed by atoms with Gasteiger partial charge in [0, 0.05) is 5.69 Å². The molecule has 0 aliphatic rings. The molecule has 82 valence electrons. The number of hydrogen-bond acceptors (Lipinski definition) is 2. The smallest absolute Gasteiger partial charge is 0.234 e. The van der Waals surface area contributed by atoms with Gasteiger partial charge in [-0.1, -0.05) is 26.0 Å². The van der Waals surface area contributed by atoms with Gasteiger partial charge in [-0.2, -0.15) is 11.8 Å². The number of hydrogen-bond donors (Lipinski definition) is 1. The average molecular weight is 223 g/mol. The number of amides is 1. The maximum absolute atomic E-state index is 11.3. The molecule has 0 bridgehead atoms. The standard InChI is InChI=1S/C12H17NOS/c1-9(2)10-4-6-11(7-5-10)13-12(14)8-15-3/h4-7,9H,8H2,1-3H3,(H,13,14). The Kier molecular flexibility index (Phi) is 4.69. The summed E-state index contributed by atoms with van der Waals surface area (Å²) in [6.45, 7) is 4.31. The van der Waals surface area contributed by atoms with Gasteiger partial charge < -0.3 is 5.32 Å². The highest BCUT2D eigenvalue weighted by Gasteiger charge is 2.02. The van der Waals surface area contributed by atoms with E-state index in [-0.39, 0.29) is 5.91 Å². The molecule has 0 aliphatic heterocycles. The van der Waals surface area contributed by atoms with Crippen molar-refractivity contribution in [2.24, 2.45) is 0 Å². The van der Waals surface area contributed by atoms with Crippen molar-refractivity contribution < 1.29 is 4.79 Å². The highest BCUT2D eigenvalue weighted by molar-refractivity contribution is 7.99. The molecular weight excluding hydrogens is 206 g/mol. The van der Waals surface area contributed by atoms with E-state index in [9.17, 15) is 4.79 Å². The lowest BCUT2D eigenvalue weighted by molar-refractivity contribution is -0.113. The van der Waals surface area contributed by atoms with Crippen LogP contribution in [0.25, 0.3) is 0 Å². The molecule has 0 saturated heterocycles. The third kappa shape index (κ3) is 3.96. The summed E-state index contributed by atoms with van der Waals surface area (Å²) in [4.78, 5) is 11.3.